The van der Waals surface area contributed by atoms with Crippen LogP contribution in [0.5, 0.6) is 0 Å². The maximum atomic E-state index is 12.0. The van der Waals surface area contributed by atoms with Gasteiger partial charge in [-0.1, -0.05) is 0 Å². The highest BCUT2D eigenvalue weighted by Crippen LogP contribution is 2.20. The molecule has 1 aromatic rings. The molecule has 0 spiro atoms. The van der Waals surface area contributed by atoms with Crippen molar-refractivity contribution in [3.05, 3.63) is 39.9 Å². The van der Waals surface area contributed by atoms with Gasteiger partial charge in [-0.15, -0.1) is 11.3 Å². The van der Waals surface area contributed by atoms with Crippen LogP contribution >= 0.6 is 11.3 Å². The van der Waals surface area contributed by atoms with Crippen molar-refractivity contribution >= 4 is 28.3 Å². The summed E-state index contributed by atoms with van der Waals surface area (Å²) in [5.41, 5.74) is 0.0682. The summed E-state index contributed by atoms with van der Waals surface area (Å²) in [6.07, 6.45) is 4.44. The van der Waals surface area contributed by atoms with E-state index in [4.69, 9.17) is 0 Å². The van der Waals surface area contributed by atoms with E-state index in [1.54, 1.807) is 11.6 Å². The minimum atomic E-state index is -0.642. The number of ether oxygens (including phenoxy) is 1. The van der Waals surface area contributed by atoms with Crippen molar-refractivity contribution in [2.24, 2.45) is 0 Å². The van der Waals surface area contributed by atoms with E-state index in [0.29, 0.717) is 5.13 Å². The highest BCUT2D eigenvalue weighted by molar-refractivity contribution is 7.13. The molecule has 0 aliphatic carbocycles. The molecule has 0 unspecified atom stereocenters. The summed E-state index contributed by atoms with van der Waals surface area (Å²) in [5, 5.41) is 10.9. The SMILES string of the molecule is COC(=O)c1cn(CC(=O)Nc2nccs2)cc2c(=O)[nH]nc1-2. The van der Waals surface area contributed by atoms with E-state index in [0.717, 1.165) is 0 Å². The molecule has 9 nitrogen and oxygen atoms in total. The Bertz CT molecular complexity index is 882. The van der Waals surface area contributed by atoms with E-state index >= 15 is 0 Å². The van der Waals surface area contributed by atoms with Crippen LogP contribution in [0.15, 0.2) is 28.8 Å². The fourth-order valence-electron chi connectivity index (χ4n) is 2.05. The molecule has 1 aromatic heterocycles. The van der Waals surface area contributed by atoms with Gasteiger partial charge in [0, 0.05) is 24.0 Å². The molecular formula is C13H11N5O4S. The van der Waals surface area contributed by atoms with E-state index in [2.05, 4.69) is 25.2 Å². The Morgan fingerprint density at radius 2 is 2.26 bits per heavy atom. The Morgan fingerprint density at radius 3 is 2.96 bits per heavy atom. The molecule has 0 fully saturated rings. The number of thiazole rings is 1. The Morgan fingerprint density at radius 1 is 1.43 bits per heavy atom. The highest BCUT2D eigenvalue weighted by Gasteiger charge is 2.22. The average molecular weight is 333 g/mol. The monoisotopic (exact) mass is 333 g/mol. The normalized spacial score (nSPS) is 10.7. The number of methoxy groups -OCH3 is 1. The molecule has 0 bridgehead atoms. The van der Waals surface area contributed by atoms with Crippen LogP contribution in [-0.4, -0.2) is 38.7 Å². The summed E-state index contributed by atoms with van der Waals surface area (Å²) < 4.78 is 6.11. The third kappa shape index (κ3) is 2.97. The number of pyridine rings is 1. The summed E-state index contributed by atoms with van der Waals surface area (Å²) in [5.74, 6) is -0.979. The molecule has 10 heteroatoms. The third-order valence-corrected chi connectivity index (χ3v) is 3.71. The Balaban J connectivity index is 1.92. The van der Waals surface area contributed by atoms with Gasteiger partial charge in [0.05, 0.1) is 12.7 Å². The van der Waals surface area contributed by atoms with Gasteiger partial charge in [0.15, 0.2) is 5.13 Å². The number of H-pyrrole nitrogens is 1. The molecule has 0 saturated heterocycles. The van der Waals surface area contributed by atoms with Crippen molar-refractivity contribution < 1.29 is 14.3 Å². The van der Waals surface area contributed by atoms with E-state index in [9.17, 15) is 14.4 Å². The number of hydrogen-bond donors (Lipinski definition) is 2. The maximum absolute atomic E-state index is 12.0. The first-order valence-corrected chi connectivity index (χ1v) is 7.32. The lowest BCUT2D eigenvalue weighted by molar-refractivity contribution is -0.116. The lowest BCUT2D eigenvalue weighted by Crippen LogP contribution is -2.20. The molecule has 3 heterocycles. The van der Waals surface area contributed by atoms with Gasteiger partial charge < -0.3 is 14.6 Å². The van der Waals surface area contributed by atoms with Crippen molar-refractivity contribution in [2.45, 2.75) is 6.54 Å². The smallest absolute Gasteiger partial charge is 0.341 e. The van der Waals surface area contributed by atoms with Gasteiger partial charge in [0.1, 0.15) is 17.8 Å². The van der Waals surface area contributed by atoms with E-state index in [1.807, 2.05) is 0 Å². The first-order chi connectivity index (χ1) is 11.1. The van der Waals surface area contributed by atoms with Gasteiger partial charge >= 0.3 is 5.97 Å². The van der Waals surface area contributed by atoms with Crippen molar-refractivity contribution in [2.75, 3.05) is 12.4 Å². The Hall–Kier alpha value is -3.01. The number of nitrogens with one attached hydrogen (secondary N) is 2. The van der Waals surface area contributed by atoms with Gasteiger partial charge in [-0.3, -0.25) is 9.59 Å². The largest absolute Gasteiger partial charge is 0.465 e. The van der Waals surface area contributed by atoms with Crippen LogP contribution < -0.4 is 10.9 Å². The van der Waals surface area contributed by atoms with E-state index in [1.165, 1.54) is 35.4 Å². The van der Waals surface area contributed by atoms with Gasteiger partial charge in [0.25, 0.3) is 5.56 Å². The van der Waals surface area contributed by atoms with E-state index < -0.39 is 11.5 Å². The number of aromatic amines is 1. The number of hydrogen-bond acceptors (Lipinski definition) is 7. The van der Waals surface area contributed by atoms with Crippen molar-refractivity contribution in [3.63, 3.8) is 0 Å². The predicted molar refractivity (Wildman–Crippen MR) is 81.6 cm³/mol. The van der Waals surface area contributed by atoms with Gasteiger partial charge in [-0.05, 0) is 0 Å². The number of esters is 1. The first kappa shape index (κ1) is 14.9. The number of carbonyl (C=O) groups excluding carboxylic acids is 2. The van der Waals surface area contributed by atoms with Crippen LogP contribution in [0.1, 0.15) is 10.4 Å². The Kier molecular flexibility index (Phi) is 3.89. The Labute approximate surface area is 133 Å². The van der Waals surface area contributed by atoms with Crippen LogP contribution in [0.4, 0.5) is 5.13 Å². The van der Waals surface area contributed by atoms with Gasteiger partial charge in [-0.25, -0.2) is 14.9 Å². The molecule has 2 aliphatic rings. The summed E-state index contributed by atoms with van der Waals surface area (Å²) in [4.78, 5) is 39.5. The van der Waals surface area contributed by atoms with Crippen LogP contribution in [0.2, 0.25) is 0 Å². The zero-order valence-electron chi connectivity index (χ0n) is 11.9. The molecule has 118 valence electrons. The number of rotatable bonds is 4. The average Bonchev–Trinajstić information content (AvgIpc) is 3.16. The molecule has 3 rings (SSSR count). The first-order valence-electron chi connectivity index (χ1n) is 6.44. The van der Waals surface area contributed by atoms with Crippen LogP contribution in [-0.2, 0) is 16.1 Å². The van der Waals surface area contributed by atoms with E-state index in [-0.39, 0.29) is 29.3 Å². The lowest BCUT2D eigenvalue weighted by Gasteiger charge is -2.11. The fourth-order valence-corrected chi connectivity index (χ4v) is 2.60. The number of anilines is 1. The third-order valence-electron chi connectivity index (χ3n) is 3.02. The number of nitrogens with zero attached hydrogens (tertiary/aromatic N) is 3. The summed E-state index contributed by atoms with van der Waals surface area (Å²) in [6.45, 7) is -0.0931. The molecule has 0 radical (unpaired) electrons. The minimum Gasteiger partial charge on any atom is -0.465 e. The number of aromatic nitrogens is 4. The summed E-state index contributed by atoms with van der Waals surface area (Å²) >= 11 is 1.29. The summed E-state index contributed by atoms with van der Waals surface area (Å²) in [6, 6.07) is 0. The number of carbonyl (C=O) groups is 2. The second kappa shape index (κ2) is 6.01. The minimum absolute atomic E-state index is 0.0931. The van der Waals surface area contributed by atoms with Crippen molar-refractivity contribution in [1.29, 1.82) is 0 Å². The highest BCUT2D eigenvalue weighted by atomic mass is 32.1. The zero-order valence-corrected chi connectivity index (χ0v) is 12.7. The topological polar surface area (TPSA) is 119 Å². The summed E-state index contributed by atoms with van der Waals surface area (Å²) in [7, 11) is 1.23. The van der Waals surface area contributed by atoms with Crippen LogP contribution in [0, 0.1) is 0 Å². The number of fused-ring (bicyclic) bond motifs is 1. The molecule has 1 amide bonds. The standard InChI is InChI=1S/C13H11N5O4S/c1-22-12(21)8-5-18(4-7-10(8)16-17-11(7)20)6-9(19)15-13-14-2-3-23-13/h2-5H,6H2,1H3,(H,17,20)(H,14,15,19). The fraction of sp³-hybridized carbons (Fsp3) is 0.154. The molecule has 2 N–H and O–H groups in total. The van der Waals surface area contributed by atoms with Crippen LogP contribution in [0.25, 0.3) is 11.3 Å². The van der Waals surface area contributed by atoms with Gasteiger partial charge in [0.2, 0.25) is 5.91 Å². The molecule has 23 heavy (non-hydrogen) atoms. The lowest BCUT2D eigenvalue weighted by atomic mass is 10.1. The zero-order chi connectivity index (χ0) is 16.4. The quantitative estimate of drug-likeness (QED) is 0.673. The van der Waals surface area contributed by atoms with Crippen molar-refractivity contribution in [3.8, 4) is 11.3 Å². The second-order valence-corrected chi connectivity index (χ2v) is 5.43. The van der Waals surface area contributed by atoms with Crippen LogP contribution in [0.3, 0.4) is 0 Å². The molecule has 0 aromatic carbocycles. The maximum Gasteiger partial charge on any atom is 0.341 e. The molecule has 2 aliphatic heterocycles. The van der Waals surface area contributed by atoms with Gasteiger partial charge in [-0.2, -0.15) is 5.10 Å². The second-order valence-electron chi connectivity index (χ2n) is 4.54. The van der Waals surface area contributed by atoms with Crippen molar-refractivity contribution in [1.82, 2.24) is 19.7 Å². The molecule has 0 atom stereocenters. The molecule has 0 saturated carbocycles. The molecular weight excluding hydrogens is 322 g/mol. The number of amides is 1. The predicted octanol–water partition coefficient (Wildman–Crippen LogP) is 0.558.